The van der Waals surface area contributed by atoms with Gasteiger partial charge in [-0.15, -0.1) is 0 Å². The highest BCUT2D eigenvalue weighted by Crippen LogP contribution is 2.26. The van der Waals surface area contributed by atoms with E-state index in [1.165, 1.54) is 4.68 Å². The molecule has 2 aromatic carbocycles. The second kappa shape index (κ2) is 11.5. The van der Waals surface area contributed by atoms with E-state index in [4.69, 9.17) is 14.5 Å². The second-order valence-electron chi connectivity index (χ2n) is 8.43. The van der Waals surface area contributed by atoms with E-state index in [0.717, 1.165) is 16.6 Å². The molecule has 0 bridgehead atoms. The molecule has 3 aromatic rings. The van der Waals surface area contributed by atoms with Gasteiger partial charge in [-0.05, 0) is 50.6 Å². The molecule has 8 nitrogen and oxygen atoms in total. The lowest BCUT2D eigenvalue weighted by Crippen LogP contribution is -2.26. The molecule has 1 heterocycles. The van der Waals surface area contributed by atoms with Crippen LogP contribution >= 0.6 is 15.9 Å². The van der Waals surface area contributed by atoms with Gasteiger partial charge >= 0.3 is 5.97 Å². The van der Waals surface area contributed by atoms with Crippen molar-refractivity contribution in [3.8, 4) is 5.75 Å². The number of anilines is 1. The summed E-state index contributed by atoms with van der Waals surface area (Å²) < 4.78 is 13.2. The molecule has 0 fully saturated rings. The first kappa shape index (κ1) is 26.4. The quantitative estimate of drug-likeness (QED) is 0.281. The molecule has 0 aliphatic carbocycles. The number of carbonyl (C=O) groups is 1. The van der Waals surface area contributed by atoms with E-state index < -0.39 is 12.1 Å². The minimum absolute atomic E-state index is 0.0172. The minimum atomic E-state index is -0.808. The average Bonchev–Trinajstić information content (AvgIpc) is 2.83. The number of hydrogen-bond donors (Lipinski definition) is 0. The fourth-order valence-corrected chi connectivity index (χ4v) is 3.77. The lowest BCUT2D eigenvalue weighted by atomic mass is 10.1. The topological polar surface area (TPSA) is 86.0 Å². The maximum Gasteiger partial charge on any atom is 0.347 e. The summed E-state index contributed by atoms with van der Waals surface area (Å²) in [5.74, 6) is 0.597. The molecule has 0 N–H and O–H groups in total. The third-order valence-electron chi connectivity index (χ3n) is 5.63. The van der Waals surface area contributed by atoms with Crippen LogP contribution in [-0.4, -0.2) is 48.7 Å². The third-order valence-corrected chi connectivity index (χ3v) is 6.13. The van der Waals surface area contributed by atoms with Gasteiger partial charge in [-0.3, -0.25) is 4.79 Å². The van der Waals surface area contributed by atoms with Crippen LogP contribution in [0.25, 0.3) is 10.9 Å². The predicted octanol–water partition coefficient (Wildman–Crippen LogP) is 4.95. The van der Waals surface area contributed by atoms with Gasteiger partial charge < -0.3 is 14.4 Å². The Hall–Kier alpha value is -3.20. The first-order chi connectivity index (χ1) is 16.7. The highest BCUT2D eigenvalue weighted by molar-refractivity contribution is 9.10. The van der Waals surface area contributed by atoms with Crippen LogP contribution in [0.2, 0.25) is 0 Å². The molecular formula is C26H31BrN4O4. The molecule has 35 heavy (non-hydrogen) atoms. The Labute approximate surface area is 213 Å². The highest BCUT2D eigenvalue weighted by Gasteiger charge is 2.19. The molecule has 0 radical (unpaired) electrons. The van der Waals surface area contributed by atoms with Crippen LogP contribution in [0.5, 0.6) is 5.75 Å². The number of halogens is 1. The molecule has 0 spiro atoms. The van der Waals surface area contributed by atoms with Gasteiger partial charge in [-0.1, -0.05) is 29.8 Å². The van der Waals surface area contributed by atoms with Gasteiger partial charge in [0.1, 0.15) is 11.6 Å². The van der Waals surface area contributed by atoms with Crippen LogP contribution in [0.15, 0.2) is 50.8 Å². The van der Waals surface area contributed by atoms with Crippen LogP contribution in [0.3, 0.4) is 0 Å². The lowest BCUT2D eigenvalue weighted by Gasteiger charge is -2.19. The third kappa shape index (κ3) is 6.08. The summed E-state index contributed by atoms with van der Waals surface area (Å²) in [6.45, 7) is 7.71. The van der Waals surface area contributed by atoms with E-state index in [1.54, 1.807) is 26.1 Å². The number of rotatable bonds is 9. The summed E-state index contributed by atoms with van der Waals surface area (Å²) >= 11 is 3.43. The molecule has 0 saturated carbocycles. The number of ether oxygens (including phenoxy) is 2. The molecule has 0 aliphatic heterocycles. The van der Waals surface area contributed by atoms with E-state index in [-0.39, 0.29) is 18.1 Å². The van der Waals surface area contributed by atoms with Crippen LogP contribution in [0, 0.1) is 0 Å². The zero-order valence-electron chi connectivity index (χ0n) is 20.9. The Morgan fingerprint density at radius 2 is 1.94 bits per heavy atom. The van der Waals surface area contributed by atoms with Crippen LogP contribution < -0.4 is 15.2 Å². The Morgan fingerprint density at radius 1 is 1.20 bits per heavy atom. The Kier molecular flexibility index (Phi) is 8.67. The van der Waals surface area contributed by atoms with Gasteiger partial charge in [0.25, 0.3) is 5.56 Å². The summed E-state index contributed by atoms with van der Waals surface area (Å²) in [4.78, 5) is 32.2. The smallest absolute Gasteiger partial charge is 0.347 e. The number of nitrogens with zero attached hydrogens (tertiary/aromatic N) is 4. The van der Waals surface area contributed by atoms with E-state index >= 15 is 0 Å². The molecule has 3 rings (SSSR count). The standard InChI is InChI=1S/C26H31BrN4O4/c1-7-16(3)24-29-22-12-10-19(27)13-21(22)25(32)31(24)28-15-18-9-11-20(30(5)6)14-23(18)35-17(4)26(33)34-8-2/h9-17H,7-8H2,1-6H3/t16-,17-/m0/s1. The molecule has 0 unspecified atom stereocenters. The van der Waals surface area contributed by atoms with Gasteiger partial charge in [0.05, 0.1) is 23.7 Å². The maximum absolute atomic E-state index is 13.4. The first-order valence-electron chi connectivity index (χ1n) is 11.6. The van der Waals surface area contributed by atoms with Crippen molar-refractivity contribution in [1.29, 1.82) is 0 Å². The van der Waals surface area contributed by atoms with Crippen molar-refractivity contribution in [2.45, 2.75) is 46.1 Å². The second-order valence-corrected chi connectivity index (χ2v) is 9.35. The zero-order chi connectivity index (χ0) is 25.7. The summed E-state index contributed by atoms with van der Waals surface area (Å²) in [5.41, 5.74) is 1.88. The van der Waals surface area contributed by atoms with Crippen molar-refractivity contribution in [1.82, 2.24) is 9.66 Å². The van der Waals surface area contributed by atoms with Crippen molar-refractivity contribution in [3.05, 3.63) is 62.6 Å². The van der Waals surface area contributed by atoms with E-state index in [1.807, 2.05) is 63.2 Å². The fraction of sp³-hybridized carbons (Fsp3) is 0.385. The maximum atomic E-state index is 13.4. The van der Waals surface area contributed by atoms with Crippen molar-refractivity contribution < 1.29 is 14.3 Å². The van der Waals surface area contributed by atoms with Gasteiger partial charge in [-0.2, -0.15) is 9.78 Å². The van der Waals surface area contributed by atoms with E-state index in [0.29, 0.717) is 28.0 Å². The Morgan fingerprint density at radius 3 is 2.60 bits per heavy atom. The monoisotopic (exact) mass is 542 g/mol. The zero-order valence-corrected chi connectivity index (χ0v) is 22.5. The van der Waals surface area contributed by atoms with Crippen LogP contribution in [0.1, 0.15) is 51.4 Å². The molecule has 0 aliphatic rings. The van der Waals surface area contributed by atoms with E-state index in [2.05, 4.69) is 21.0 Å². The molecule has 186 valence electrons. The van der Waals surface area contributed by atoms with E-state index in [9.17, 15) is 9.59 Å². The van der Waals surface area contributed by atoms with Crippen LogP contribution in [0.4, 0.5) is 5.69 Å². The number of aromatic nitrogens is 2. The molecule has 0 saturated heterocycles. The minimum Gasteiger partial charge on any atom is -0.478 e. The summed E-state index contributed by atoms with van der Waals surface area (Å²) in [5, 5.41) is 5.01. The molecule has 0 amide bonds. The first-order valence-corrected chi connectivity index (χ1v) is 12.4. The number of esters is 1. The number of benzene rings is 2. The SMILES string of the molecule is CCOC(=O)[C@H](C)Oc1cc(N(C)C)ccc1C=Nn1c([C@@H](C)CC)nc2ccc(Br)cc2c1=O. The van der Waals surface area contributed by atoms with Crippen molar-refractivity contribution >= 4 is 44.7 Å². The molecule has 2 atom stereocenters. The molecular weight excluding hydrogens is 512 g/mol. The fourth-order valence-electron chi connectivity index (χ4n) is 3.41. The molecule has 9 heteroatoms. The van der Waals surface area contributed by atoms with Crippen molar-refractivity contribution in [2.75, 3.05) is 25.6 Å². The predicted molar refractivity (Wildman–Crippen MR) is 143 cm³/mol. The normalized spacial score (nSPS) is 13.1. The van der Waals surface area contributed by atoms with Gasteiger partial charge in [0.15, 0.2) is 6.10 Å². The van der Waals surface area contributed by atoms with Crippen molar-refractivity contribution in [3.63, 3.8) is 0 Å². The highest BCUT2D eigenvalue weighted by atomic mass is 79.9. The number of carbonyl (C=O) groups excluding carboxylic acids is 1. The van der Waals surface area contributed by atoms with Gasteiger partial charge in [-0.25, -0.2) is 9.78 Å². The molecule has 1 aromatic heterocycles. The van der Waals surface area contributed by atoms with Crippen molar-refractivity contribution in [2.24, 2.45) is 5.10 Å². The Balaban J connectivity index is 2.11. The van der Waals surface area contributed by atoms with Crippen LogP contribution in [-0.2, 0) is 9.53 Å². The largest absolute Gasteiger partial charge is 0.478 e. The van der Waals surface area contributed by atoms with Gasteiger partial charge in [0, 0.05) is 41.8 Å². The average molecular weight is 543 g/mol. The lowest BCUT2D eigenvalue weighted by molar-refractivity contribution is -0.150. The summed E-state index contributed by atoms with van der Waals surface area (Å²) in [7, 11) is 3.83. The number of fused-ring (bicyclic) bond motifs is 1. The Bertz CT molecular complexity index is 1300. The van der Waals surface area contributed by atoms with Gasteiger partial charge in [0.2, 0.25) is 0 Å². The summed E-state index contributed by atoms with van der Waals surface area (Å²) in [6, 6.07) is 11.0. The summed E-state index contributed by atoms with van der Waals surface area (Å²) in [6.07, 6.45) is 1.55. The number of hydrogen-bond acceptors (Lipinski definition) is 7.